The normalized spacial score (nSPS) is 18.9. The molecule has 202 valence electrons. The third-order valence-electron chi connectivity index (χ3n) is 7.97. The predicted molar refractivity (Wildman–Crippen MR) is 150 cm³/mol. The van der Waals surface area contributed by atoms with Crippen molar-refractivity contribution in [1.29, 1.82) is 0 Å². The molecule has 2 aromatic carbocycles. The number of para-hydroxylation sites is 1. The number of aromatic nitrogens is 4. The Kier molecular flexibility index (Phi) is 8.59. The molecule has 1 fully saturated rings. The fourth-order valence-corrected chi connectivity index (χ4v) is 6.00. The average Bonchev–Trinajstić information content (AvgIpc) is 3.53. The molecule has 2 aromatic heterocycles. The van der Waals surface area contributed by atoms with Crippen LogP contribution in [-0.4, -0.2) is 44.4 Å². The van der Waals surface area contributed by atoms with Crippen molar-refractivity contribution in [3.63, 3.8) is 0 Å². The second kappa shape index (κ2) is 12.5. The Morgan fingerprint density at radius 3 is 2.38 bits per heavy atom. The Morgan fingerprint density at radius 2 is 1.72 bits per heavy atom. The number of aliphatic hydroxyl groups excluding tert-OH is 1. The van der Waals surface area contributed by atoms with Crippen molar-refractivity contribution < 1.29 is 14.6 Å². The number of nitrogens with zero attached hydrogens (tertiary/aromatic N) is 4. The first-order chi connectivity index (χ1) is 19.1. The van der Waals surface area contributed by atoms with Crippen LogP contribution in [0.2, 0.25) is 0 Å². The van der Waals surface area contributed by atoms with E-state index >= 15 is 0 Å². The molecule has 1 N–H and O–H groups in total. The van der Waals surface area contributed by atoms with Crippen LogP contribution in [-0.2, 0) is 22.6 Å². The molecule has 7 nitrogen and oxygen atoms in total. The van der Waals surface area contributed by atoms with Gasteiger partial charge in [0.25, 0.3) is 0 Å². The van der Waals surface area contributed by atoms with Gasteiger partial charge in [-0.1, -0.05) is 48.5 Å². The van der Waals surface area contributed by atoms with Gasteiger partial charge in [0.05, 0.1) is 17.1 Å². The number of hydrogen-bond donors (Lipinski definition) is 1. The molecule has 2 heterocycles. The fraction of sp³-hybridized carbons (Fsp3) is 0.375. The van der Waals surface area contributed by atoms with E-state index in [1.54, 1.807) is 19.5 Å². The molecule has 0 unspecified atom stereocenters. The summed E-state index contributed by atoms with van der Waals surface area (Å²) < 4.78 is 7.24. The van der Waals surface area contributed by atoms with Gasteiger partial charge in [-0.2, -0.15) is 5.10 Å². The van der Waals surface area contributed by atoms with Crippen molar-refractivity contribution in [1.82, 2.24) is 19.7 Å². The van der Waals surface area contributed by atoms with Crippen LogP contribution in [0, 0.1) is 18.8 Å². The fourth-order valence-electron chi connectivity index (χ4n) is 6.00. The minimum atomic E-state index is -0.213. The lowest BCUT2D eigenvalue weighted by Gasteiger charge is -2.19. The Bertz CT molecular complexity index is 1370. The zero-order chi connectivity index (χ0) is 27.2. The van der Waals surface area contributed by atoms with Crippen LogP contribution in [0.3, 0.4) is 0 Å². The van der Waals surface area contributed by atoms with Crippen LogP contribution in [0.5, 0.6) is 0 Å². The summed E-state index contributed by atoms with van der Waals surface area (Å²) in [6.07, 6.45) is 7.39. The second-order valence-electron chi connectivity index (χ2n) is 10.5. The summed E-state index contributed by atoms with van der Waals surface area (Å²) in [4.78, 5) is 22.2. The standard InChI is InChI=1S/C32H36N4O3/c1-22-30(36(27-11-7-4-8-12-27)35-32(22)26-19-33-31(21-37)34-20-26)18-28(38)17-25-15-23(13-14-39-2)16-29(25)24-9-5-3-6-10-24/h3-12,19-20,23,25,29,37H,13-18,21H2,1-2H3/t23-,25+,29+/m1/s1. The third-order valence-corrected chi connectivity index (χ3v) is 7.97. The van der Waals surface area contributed by atoms with Crippen molar-refractivity contribution in [3.05, 3.63) is 95.7 Å². The van der Waals surface area contributed by atoms with E-state index in [2.05, 4.69) is 40.3 Å². The average molecular weight is 525 g/mol. The first kappa shape index (κ1) is 26.9. The summed E-state index contributed by atoms with van der Waals surface area (Å²) >= 11 is 0. The van der Waals surface area contributed by atoms with Crippen LogP contribution in [0.1, 0.15) is 54.2 Å². The smallest absolute Gasteiger partial charge is 0.153 e. The number of Topliss-reactive ketones (excluding diaryl/α,β-unsaturated/α-hetero) is 1. The number of rotatable bonds is 11. The lowest BCUT2D eigenvalue weighted by molar-refractivity contribution is -0.119. The van der Waals surface area contributed by atoms with E-state index in [1.807, 2.05) is 41.9 Å². The van der Waals surface area contributed by atoms with Gasteiger partial charge in [0.1, 0.15) is 12.4 Å². The van der Waals surface area contributed by atoms with Crippen molar-refractivity contribution >= 4 is 5.78 Å². The molecule has 1 aliphatic carbocycles. The Morgan fingerprint density at radius 1 is 1.03 bits per heavy atom. The lowest BCUT2D eigenvalue weighted by atomic mass is 9.85. The number of hydrogen-bond acceptors (Lipinski definition) is 6. The predicted octanol–water partition coefficient (Wildman–Crippen LogP) is 5.48. The summed E-state index contributed by atoms with van der Waals surface area (Å²) in [5.74, 6) is 1.86. The summed E-state index contributed by atoms with van der Waals surface area (Å²) in [5.41, 5.74) is 5.57. The molecule has 0 saturated heterocycles. The first-order valence-electron chi connectivity index (χ1n) is 13.7. The third kappa shape index (κ3) is 6.15. The van der Waals surface area contributed by atoms with E-state index < -0.39 is 0 Å². The van der Waals surface area contributed by atoms with Crippen molar-refractivity contribution in [2.45, 2.75) is 51.6 Å². The number of ether oxygens (including phenoxy) is 1. The van der Waals surface area contributed by atoms with E-state index in [0.29, 0.717) is 36.4 Å². The zero-order valence-corrected chi connectivity index (χ0v) is 22.7. The highest BCUT2D eigenvalue weighted by atomic mass is 16.5. The summed E-state index contributed by atoms with van der Waals surface area (Å²) in [6.45, 7) is 2.55. The molecule has 1 saturated carbocycles. The van der Waals surface area contributed by atoms with Gasteiger partial charge < -0.3 is 9.84 Å². The van der Waals surface area contributed by atoms with Gasteiger partial charge in [0, 0.05) is 44.5 Å². The number of carbonyl (C=O) groups excluding carboxylic acids is 1. The van der Waals surface area contributed by atoms with E-state index in [9.17, 15) is 9.90 Å². The number of carbonyl (C=O) groups is 1. The SMILES string of the molecule is COCC[C@@H]1C[C@@H](CC(=O)Cc2c(C)c(-c3cnc(CO)nc3)nn2-c2ccccc2)[C@H](c2ccccc2)C1. The molecule has 1 aliphatic rings. The van der Waals surface area contributed by atoms with Crippen LogP contribution in [0.15, 0.2) is 73.1 Å². The molecule has 0 amide bonds. The maximum Gasteiger partial charge on any atom is 0.153 e. The topological polar surface area (TPSA) is 90.1 Å². The Labute approximate surface area is 229 Å². The first-order valence-corrected chi connectivity index (χ1v) is 13.7. The molecular formula is C32H36N4O3. The molecule has 39 heavy (non-hydrogen) atoms. The monoisotopic (exact) mass is 524 g/mol. The summed E-state index contributed by atoms with van der Waals surface area (Å²) in [7, 11) is 1.75. The summed E-state index contributed by atoms with van der Waals surface area (Å²) in [5, 5.41) is 14.2. The molecule has 5 rings (SSSR count). The molecule has 7 heteroatoms. The highest BCUT2D eigenvalue weighted by Gasteiger charge is 2.36. The summed E-state index contributed by atoms with van der Waals surface area (Å²) in [6, 6.07) is 20.5. The second-order valence-corrected chi connectivity index (χ2v) is 10.5. The van der Waals surface area contributed by atoms with E-state index in [1.165, 1.54) is 5.56 Å². The minimum Gasteiger partial charge on any atom is -0.388 e. The van der Waals surface area contributed by atoms with Gasteiger partial charge in [-0.15, -0.1) is 0 Å². The lowest BCUT2D eigenvalue weighted by Crippen LogP contribution is -2.16. The van der Waals surface area contributed by atoms with Crippen molar-refractivity contribution in [2.24, 2.45) is 11.8 Å². The molecule has 0 bridgehead atoms. The van der Waals surface area contributed by atoms with Crippen LogP contribution >= 0.6 is 0 Å². The largest absolute Gasteiger partial charge is 0.388 e. The highest BCUT2D eigenvalue weighted by Crippen LogP contribution is 2.46. The molecule has 0 aliphatic heterocycles. The van der Waals surface area contributed by atoms with Gasteiger partial charge in [-0.25, -0.2) is 14.6 Å². The molecule has 3 atom stereocenters. The number of methoxy groups -OCH3 is 1. The van der Waals surface area contributed by atoms with Crippen LogP contribution in [0.4, 0.5) is 0 Å². The number of aliphatic hydroxyl groups is 1. The maximum absolute atomic E-state index is 13.7. The zero-order valence-electron chi connectivity index (χ0n) is 22.7. The molecule has 0 spiro atoms. The molecule has 4 aromatic rings. The van der Waals surface area contributed by atoms with E-state index in [-0.39, 0.29) is 12.4 Å². The molecular weight excluding hydrogens is 488 g/mol. The highest BCUT2D eigenvalue weighted by molar-refractivity contribution is 5.82. The van der Waals surface area contributed by atoms with Gasteiger partial charge in [-0.3, -0.25) is 4.79 Å². The van der Waals surface area contributed by atoms with Crippen LogP contribution < -0.4 is 0 Å². The van der Waals surface area contributed by atoms with Crippen molar-refractivity contribution in [3.8, 4) is 16.9 Å². The minimum absolute atomic E-state index is 0.213. The van der Waals surface area contributed by atoms with Gasteiger partial charge >= 0.3 is 0 Å². The van der Waals surface area contributed by atoms with Gasteiger partial charge in [-0.05, 0) is 67.2 Å². The van der Waals surface area contributed by atoms with E-state index in [0.717, 1.165) is 54.1 Å². The van der Waals surface area contributed by atoms with Crippen LogP contribution in [0.25, 0.3) is 16.9 Å². The number of ketones is 1. The van der Waals surface area contributed by atoms with Gasteiger partial charge in [0.2, 0.25) is 0 Å². The van der Waals surface area contributed by atoms with E-state index in [4.69, 9.17) is 9.84 Å². The quantitative estimate of drug-likeness (QED) is 0.280. The van der Waals surface area contributed by atoms with Gasteiger partial charge in [0.15, 0.2) is 5.82 Å². The number of benzene rings is 2. The molecule has 0 radical (unpaired) electrons. The van der Waals surface area contributed by atoms with Crippen molar-refractivity contribution in [2.75, 3.05) is 13.7 Å². The Balaban J connectivity index is 1.41. The Hall–Kier alpha value is -3.68. The maximum atomic E-state index is 13.7.